The molecule has 1 unspecified atom stereocenters. The monoisotopic (exact) mass is 376 g/mol. The average Bonchev–Trinajstić information content (AvgIpc) is 3.11. The Kier molecular flexibility index (Phi) is 9.89. The van der Waals surface area contributed by atoms with E-state index >= 15 is 0 Å². The van der Waals surface area contributed by atoms with Gasteiger partial charge in [-0.1, -0.05) is 34.6 Å². The quantitative estimate of drug-likeness (QED) is 0.510. The molecule has 1 atom stereocenters. The molecular weight excluding hydrogens is 340 g/mol. The van der Waals surface area contributed by atoms with Gasteiger partial charge in [0.25, 0.3) is 0 Å². The second kappa shape index (κ2) is 11.3. The van der Waals surface area contributed by atoms with Crippen molar-refractivity contribution in [2.24, 2.45) is 5.92 Å². The molecule has 146 valence electrons. The van der Waals surface area contributed by atoms with Crippen LogP contribution in [0.5, 0.6) is 5.75 Å². The molecule has 3 nitrogen and oxygen atoms in total. The Morgan fingerprint density at radius 3 is 2.31 bits per heavy atom. The molecular formula is C22H36N2OS. The molecule has 2 rings (SSSR count). The van der Waals surface area contributed by atoms with Crippen LogP contribution in [0.3, 0.4) is 0 Å². The first-order chi connectivity index (χ1) is 12.5. The van der Waals surface area contributed by atoms with E-state index in [1.807, 2.05) is 19.9 Å². The van der Waals surface area contributed by atoms with Crippen LogP contribution in [0.25, 0.3) is 10.1 Å². The Hall–Kier alpha value is -1.39. The van der Waals surface area contributed by atoms with Gasteiger partial charge in [0.2, 0.25) is 0 Å². The van der Waals surface area contributed by atoms with Gasteiger partial charge in [-0.15, -0.1) is 11.3 Å². The smallest absolute Gasteiger partial charge is 0.120 e. The van der Waals surface area contributed by atoms with Gasteiger partial charge in [0, 0.05) is 28.1 Å². The summed E-state index contributed by atoms with van der Waals surface area (Å²) < 4.78 is 6.50. The zero-order valence-corrected chi connectivity index (χ0v) is 18.4. The molecule has 2 aromatic rings. The Balaban J connectivity index is 0.00000163. The van der Waals surface area contributed by atoms with E-state index in [9.17, 15) is 0 Å². The molecule has 4 heteroatoms. The topological polar surface area (TPSA) is 36.3 Å². The van der Waals surface area contributed by atoms with Crippen molar-refractivity contribution in [2.75, 3.05) is 20.7 Å². The van der Waals surface area contributed by atoms with Gasteiger partial charge in [0.05, 0.1) is 12.8 Å². The highest BCUT2D eigenvalue weighted by Gasteiger charge is 2.21. The molecule has 0 aliphatic rings. The number of benzene rings is 1. The van der Waals surface area contributed by atoms with Crippen LogP contribution in [0.2, 0.25) is 0 Å². The standard InChI is InChI=1S/C20H30N2OS.C2H6/c1-6-14(13-22(4)16(7-2)8-3)20(21)19-11-15-9-10-17(23-5)12-18(15)24-19;1-2/h9-12,14,16,21H,6-8,13H2,1-5H3;1-2H3. The molecule has 0 fully saturated rings. The van der Waals surface area contributed by atoms with E-state index in [4.69, 9.17) is 10.1 Å². The molecule has 0 saturated carbocycles. The molecule has 26 heavy (non-hydrogen) atoms. The van der Waals surface area contributed by atoms with E-state index in [1.165, 1.54) is 22.9 Å². The second-order valence-electron chi connectivity index (χ2n) is 6.44. The van der Waals surface area contributed by atoms with Crippen molar-refractivity contribution in [2.45, 2.75) is 59.9 Å². The third-order valence-corrected chi connectivity index (χ3v) is 6.10. The minimum Gasteiger partial charge on any atom is -0.497 e. The number of fused-ring (bicyclic) bond motifs is 1. The molecule has 1 heterocycles. The number of hydrogen-bond acceptors (Lipinski definition) is 4. The number of ether oxygens (including phenoxy) is 1. The van der Waals surface area contributed by atoms with Crippen molar-refractivity contribution < 1.29 is 4.74 Å². The van der Waals surface area contributed by atoms with Crippen molar-refractivity contribution in [3.8, 4) is 5.75 Å². The van der Waals surface area contributed by atoms with Gasteiger partial charge in [-0.25, -0.2) is 0 Å². The maximum Gasteiger partial charge on any atom is 0.120 e. The zero-order chi connectivity index (χ0) is 19.7. The highest BCUT2D eigenvalue weighted by Crippen LogP contribution is 2.31. The first kappa shape index (κ1) is 22.7. The van der Waals surface area contributed by atoms with Crippen LogP contribution in [-0.2, 0) is 0 Å². The highest BCUT2D eigenvalue weighted by atomic mass is 32.1. The number of thiophene rings is 1. The summed E-state index contributed by atoms with van der Waals surface area (Å²) in [4.78, 5) is 3.52. The lowest BCUT2D eigenvalue weighted by Gasteiger charge is -2.30. The fourth-order valence-corrected chi connectivity index (χ4v) is 4.42. The molecule has 0 amide bonds. The lowest BCUT2D eigenvalue weighted by atomic mass is 9.97. The van der Waals surface area contributed by atoms with Crippen LogP contribution in [0, 0.1) is 11.3 Å². The number of nitrogens with one attached hydrogen (secondary N) is 1. The first-order valence-corrected chi connectivity index (χ1v) is 10.7. The predicted octanol–water partition coefficient (Wildman–Crippen LogP) is 6.45. The third-order valence-electron chi connectivity index (χ3n) is 4.97. The molecule has 0 radical (unpaired) electrons. The maximum absolute atomic E-state index is 8.72. The minimum absolute atomic E-state index is 0.283. The lowest BCUT2D eigenvalue weighted by molar-refractivity contribution is 0.212. The Labute approximate surface area is 163 Å². The van der Waals surface area contributed by atoms with Crippen molar-refractivity contribution in [3.63, 3.8) is 0 Å². The molecule has 1 aromatic heterocycles. The van der Waals surface area contributed by atoms with E-state index < -0.39 is 0 Å². The maximum atomic E-state index is 8.72. The zero-order valence-electron chi connectivity index (χ0n) is 17.6. The Morgan fingerprint density at radius 1 is 1.12 bits per heavy atom. The number of nitrogens with zero attached hydrogens (tertiary/aromatic N) is 1. The van der Waals surface area contributed by atoms with Gasteiger partial charge in [0.15, 0.2) is 0 Å². The fraction of sp³-hybridized carbons (Fsp3) is 0.591. The van der Waals surface area contributed by atoms with Crippen molar-refractivity contribution in [3.05, 3.63) is 29.1 Å². The number of rotatable bonds is 9. The lowest BCUT2D eigenvalue weighted by Crippen LogP contribution is -2.37. The molecule has 1 aromatic carbocycles. The molecule has 0 bridgehead atoms. The van der Waals surface area contributed by atoms with E-state index in [-0.39, 0.29) is 5.92 Å². The summed E-state index contributed by atoms with van der Waals surface area (Å²) in [5.74, 6) is 1.16. The summed E-state index contributed by atoms with van der Waals surface area (Å²) in [5.41, 5.74) is 0.774. The summed E-state index contributed by atoms with van der Waals surface area (Å²) in [6.45, 7) is 11.6. The van der Waals surface area contributed by atoms with E-state index in [1.54, 1.807) is 18.4 Å². The third kappa shape index (κ3) is 5.55. The fourth-order valence-electron chi connectivity index (χ4n) is 3.31. The van der Waals surface area contributed by atoms with E-state index in [2.05, 4.69) is 50.9 Å². The Morgan fingerprint density at radius 2 is 1.77 bits per heavy atom. The van der Waals surface area contributed by atoms with Crippen molar-refractivity contribution >= 4 is 27.1 Å². The van der Waals surface area contributed by atoms with Crippen LogP contribution in [0.1, 0.15) is 58.8 Å². The first-order valence-electron chi connectivity index (χ1n) is 9.90. The SMILES string of the molecule is CC.CCC(CN(C)C(CC)CC)C(=N)c1cc2ccc(OC)cc2s1. The number of methoxy groups -OCH3 is 1. The van der Waals surface area contributed by atoms with Gasteiger partial charge in [-0.2, -0.15) is 0 Å². The van der Waals surface area contributed by atoms with Crippen molar-refractivity contribution in [1.29, 1.82) is 5.41 Å². The molecule has 0 spiro atoms. The van der Waals surface area contributed by atoms with Gasteiger partial charge in [-0.3, -0.25) is 0 Å². The van der Waals surface area contributed by atoms with Gasteiger partial charge < -0.3 is 15.0 Å². The van der Waals surface area contributed by atoms with E-state index in [0.717, 1.165) is 29.3 Å². The summed E-state index contributed by atoms with van der Waals surface area (Å²) in [7, 11) is 3.89. The van der Waals surface area contributed by atoms with Crippen LogP contribution in [0.4, 0.5) is 0 Å². The second-order valence-corrected chi connectivity index (χ2v) is 7.53. The normalized spacial score (nSPS) is 12.2. The van der Waals surface area contributed by atoms with Crippen molar-refractivity contribution in [1.82, 2.24) is 4.90 Å². The summed E-state index contributed by atoms with van der Waals surface area (Å²) in [5, 5.41) is 9.92. The van der Waals surface area contributed by atoms with Gasteiger partial charge in [-0.05, 0) is 56.0 Å². The molecule has 0 saturated heterocycles. The van der Waals surface area contributed by atoms with E-state index in [0.29, 0.717) is 6.04 Å². The molecule has 0 aliphatic heterocycles. The average molecular weight is 377 g/mol. The molecule has 1 N–H and O–H groups in total. The minimum atomic E-state index is 0.283. The van der Waals surface area contributed by atoms with Crippen LogP contribution < -0.4 is 4.74 Å². The summed E-state index contributed by atoms with van der Waals surface area (Å²) in [6.07, 6.45) is 3.33. The highest BCUT2D eigenvalue weighted by molar-refractivity contribution is 7.20. The number of hydrogen-bond donors (Lipinski definition) is 1. The summed E-state index contributed by atoms with van der Waals surface area (Å²) >= 11 is 1.70. The van der Waals surface area contributed by atoms with Crippen LogP contribution >= 0.6 is 11.3 Å². The summed E-state index contributed by atoms with van der Waals surface area (Å²) in [6, 6.07) is 8.90. The van der Waals surface area contributed by atoms with Crippen LogP contribution in [-0.4, -0.2) is 37.4 Å². The molecule has 0 aliphatic carbocycles. The Bertz CT molecular complexity index is 676. The predicted molar refractivity (Wildman–Crippen MR) is 117 cm³/mol. The van der Waals surface area contributed by atoms with Gasteiger partial charge >= 0.3 is 0 Å². The van der Waals surface area contributed by atoms with Gasteiger partial charge in [0.1, 0.15) is 5.75 Å². The van der Waals surface area contributed by atoms with Crippen LogP contribution in [0.15, 0.2) is 24.3 Å². The largest absolute Gasteiger partial charge is 0.497 e.